The highest BCUT2D eigenvalue weighted by Crippen LogP contribution is 2.22. The summed E-state index contributed by atoms with van der Waals surface area (Å²) in [5, 5.41) is 9.50. The molecule has 1 aromatic carbocycles. The summed E-state index contributed by atoms with van der Waals surface area (Å²) in [6, 6.07) is 4.49. The van der Waals surface area contributed by atoms with E-state index in [1.165, 1.54) is 12.1 Å². The van der Waals surface area contributed by atoms with Gasteiger partial charge in [-0.1, -0.05) is 17.5 Å². The molecule has 4 heteroatoms. The lowest BCUT2D eigenvalue weighted by atomic mass is 10.2. The number of halogens is 1. The monoisotopic (exact) mass is 224 g/mol. The molecule has 0 aliphatic rings. The van der Waals surface area contributed by atoms with Crippen molar-refractivity contribution in [1.82, 2.24) is 0 Å². The van der Waals surface area contributed by atoms with Gasteiger partial charge in [0.15, 0.2) is 0 Å². The summed E-state index contributed by atoms with van der Waals surface area (Å²) < 4.78 is 4.62. The molecule has 0 heterocycles. The molecule has 0 atom stereocenters. The summed E-state index contributed by atoms with van der Waals surface area (Å²) in [6.07, 6.45) is 0. The van der Waals surface area contributed by atoms with E-state index in [1.807, 2.05) is 0 Å². The summed E-state index contributed by atoms with van der Waals surface area (Å²) in [7, 11) is 0. The number of phenols is 1. The van der Waals surface area contributed by atoms with Gasteiger partial charge in [-0.15, -0.1) is 0 Å². The van der Waals surface area contributed by atoms with Crippen LogP contribution in [-0.2, 0) is 9.53 Å². The quantitative estimate of drug-likeness (QED) is 0.586. The molecule has 0 aliphatic heterocycles. The predicted molar refractivity (Wildman–Crippen MR) is 56.6 cm³/mol. The average Bonchev–Trinajstić information content (AvgIpc) is 2.20. The lowest BCUT2D eigenvalue weighted by molar-refractivity contribution is -0.136. The standard InChI is InChI=1S/C11H9ClO3/c1-2-15-11(14)6-4-8-3-5-9(12)10(13)7-8/h3,5,7,13H,2H2,1H3. The second-order valence-electron chi connectivity index (χ2n) is 2.64. The van der Waals surface area contributed by atoms with Crippen molar-refractivity contribution in [3.8, 4) is 17.6 Å². The van der Waals surface area contributed by atoms with Crippen LogP contribution in [0.2, 0.25) is 5.02 Å². The van der Waals surface area contributed by atoms with Crippen molar-refractivity contribution in [3.63, 3.8) is 0 Å². The van der Waals surface area contributed by atoms with E-state index in [0.29, 0.717) is 12.2 Å². The number of hydrogen-bond acceptors (Lipinski definition) is 3. The van der Waals surface area contributed by atoms with E-state index in [1.54, 1.807) is 13.0 Å². The molecule has 15 heavy (non-hydrogen) atoms. The minimum Gasteiger partial charge on any atom is -0.506 e. The summed E-state index contributed by atoms with van der Waals surface area (Å²) >= 11 is 5.60. The zero-order valence-corrected chi connectivity index (χ0v) is 8.84. The predicted octanol–water partition coefficient (Wildman–Crippen LogP) is 1.96. The Bertz CT molecular complexity index is 429. The van der Waals surface area contributed by atoms with Crippen LogP contribution in [-0.4, -0.2) is 17.7 Å². The number of phenolic OH excluding ortho intramolecular Hbond substituents is 1. The van der Waals surface area contributed by atoms with Crippen molar-refractivity contribution < 1.29 is 14.6 Å². The second-order valence-corrected chi connectivity index (χ2v) is 3.04. The zero-order valence-electron chi connectivity index (χ0n) is 8.08. The first-order valence-electron chi connectivity index (χ1n) is 4.30. The molecular weight excluding hydrogens is 216 g/mol. The average molecular weight is 225 g/mol. The number of hydrogen-bond donors (Lipinski definition) is 1. The van der Waals surface area contributed by atoms with Crippen LogP contribution in [0.5, 0.6) is 5.75 Å². The van der Waals surface area contributed by atoms with E-state index in [-0.39, 0.29) is 10.8 Å². The fraction of sp³-hybridized carbons (Fsp3) is 0.182. The molecule has 0 spiro atoms. The van der Waals surface area contributed by atoms with E-state index in [9.17, 15) is 9.90 Å². The first-order chi connectivity index (χ1) is 7.13. The largest absolute Gasteiger partial charge is 0.506 e. The van der Waals surface area contributed by atoms with Gasteiger partial charge in [-0.3, -0.25) is 0 Å². The van der Waals surface area contributed by atoms with E-state index in [0.717, 1.165) is 0 Å². The minimum atomic E-state index is -0.591. The lowest BCUT2D eigenvalue weighted by Crippen LogP contribution is -1.99. The molecule has 0 aromatic heterocycles. The maximum atomic E-state index is 10.9. The summed E-state index contributed by atoms with van der Waals surface area (Å²) in [5.41, 5.74) is 0.505. The Morgan fingerprint density at radius 1 is 1.60 bits per heavy atom. The van der Waals surface area contributed by atoms with Gasteiger partial charge in [0.1, 0.15) is 5.75 Å². The van der Waals surface area contributed by atoms with Gasteiger partial charge in [-0.2, -0.15) is 0 Å². The van der Waals surface area contributed by atoms with Gasteiger partial charge in [0, 0.05) is 11.5 Å². The highest BCUT2D eigenvalue weighted by molar-refractivity contribution is 6.32. The van der Waals surface area contributed by atoms with E-state index >= 15 is 0 Å². The van der Waals surface area contributed by atoms with Crippen LogP contribution in [0.1, 0.15) is 12.5 Å². The Labute approximate surface area is 92.6 Å². The Morgan fingerprint density at radius 2 is 2.33 bits per heavy atom. The van der Waals surface area contributed by atoms with Crippen LogP contribution in [0.25, 0.3) is 0 Å². The molecule has 0 amide bonds. The number of carbonyl (C=O) groups excluding carboxylic acids is 1. The van der Waals surface area contributed by atoms with Crippen molar-refractivity contribution >= 4 is 17.6 Å². The van der Waals surface area contributed by atoms with Gasteiger partial charge in [-0.25, -0.2) is 4.79 Å². The van der Waals surface area contributed by atoms with E-state index < -0.39 is 5.97 Å². The number of rotatable bonds is 1. The third-order valence-corrected chi connectivity index (χ3v) is 1.85. The lowest BCUT2D eigenvalue weighted by Gasteiger charge is -1.95. The van der Waals surface area contributed by atoms with Crippen LogP contribution in [0.15, 0.2) is 18.2 Å². The van der Waals surface area contributed by atoms with Crippen molar-refractivity contribution in [2.75, 3.05) is 6.61 Å². The SMILES string of the molecule is CCOC(=O)C#Cc1ccc(Cl)c(O)c1. The molecule has 1 rings (SSSR count). The molecule has 0 aliphatic carbocycles. The molecule has 0 saturated carbocycles. The number of esters is 1. The van der Waals surface area contributed by atoms with Gasteiger partial charge >= 0.3 is 5.97 Å². The topological polar surface area (TPSA) is 46.5 Å². The van der Waals surface area contributed by atoms with Crippen LogP contribution in [0.4, 0.5) is 0 Å². The van der Waals surface area contributed by atoms with Gasteiger partial charge in [0.25, 0.3) is 0 Å². The Morgan fingerprint density at radius 3 is 2.93 bits per heavy atom. The molecule has 1 N–H and O–H groups in total. The van der Waals surface area contributed by atoms with Crippen molar-refractivity contribution in [2.24, 2.45) is 0 Å². The molecule has 0 bridgehead atoms. The fourth-order valence-corrected chi connectivity index (χ4v) is 0.998. The van der Waals surface area contributed by atoms with Crippen LogP contribution in [0, 0.1) is 11.8 Å². The Balaban J connectivity index is 2.80. The number of benzene rings is 1. The highest BCUT2D eigenvalue weighted by atomic mass is 35.5. The van der Waals surface area contributed by atoms with E-state index in [4.69, 9.17) is 11.6 Å². The van der Waals surface area contributed by atoms with Crippen LogP contribution >= 0.6 is 11.6 Å². The normalized spacial score (nSPS) is 8.93. The summed E-state index contributed by atoms with van der Waals surface area (Å²) in [4.78, 5) is 10.9. The zero-order chi connectivity index (χ0) is 11.3. The third-order valence-electron chi connectivity index (χ3n) is 1.53. The van der Waals surface area contributed by atoms with Gasteiger partial charge in [0.05, 0.1) is 11.6 Å². The van der Waals surface area contributed by atoms with Crippen molar-refractivity contribution in [2.45, 2.75) is 6.92 Å². The number of ether oxygens (including phenoxy) is 1. The molecule has 0 fully saturated rings. The molecule has 78 valence electrons. The molecule has 0 unspecified atom stereocenters. The molecule has 0 saturated heterocycles. The maximum absolute atomic E-state index is 10.9. The van der Waals surface area contributed by atoms with Gasteiger partial charge < -0.3 is 9.84 Å². The minimum absolute atomic E-state index is 0.0627. The maximum Gasteiger partial charge on any atom is 0.384 e. The molecule has 0 radical (unpaired) electrons. The van der Waals surface area contributed by atoms with Crippen LogP contribution < -0.4 is 0 Å². The summed E-state index contributed by atoms with van der Waals surface area (Å²) in [5.74, 6) is 4.18. The number of aromatic hydroxyl groups is 1. The first kappa shape index (κ1) is 11.4. The van der Waals surface area contributed by atoms with Crippen molar-refractivity contribution in [1.29, 1.82) is 0 Å². The number of carbonyl (C=O) groups is 1. The molecular formula is C11H9ClO3. The fourth-order valence-electron chi connectivity index (χ4n) is 0.881. The van der Waals surface area contributed by atoms with Crippen molar-refractivity contribution in [3.05, 3.63) is 28.8 Å². The molecule has 3 nitrogen and oxygen atoms in total. The second kappa shape index (κ2) is 5.28. The summed E-state index contributed by atoms with van der Waals surface area (Å²) in [6.45, 7) is 1.99. The Hall–Kier alpha value is -1.66. The smallest absolute Gasteiger partial charge is 0.384 e. The van der Waals surface area contributed by atoms with Gasteiger partial charge in [0.2, 0.25) is 0 Å². The molecule has 1 aromatic rings. The van der Waals surface area contributed by atoms with E-state index in [2.05, 4.69) is 16.6 Å². The first-order valence-corrected chi connectivity index (χ1v) is 4.68. The highest BCUT2D eigenvalue weighted by Gasteiger charge is 1.98. The van der Waals surface area contributed by atoms with Gasteiger partial charge in [-0.05, 0) is 25.1 Å². The third kappa shape index (κ3) is 3.53. The Kier molecular flexibility index (Phi) is 4.02. The van der Waals surface area contributed by atoms with Crippen LogP contribution in [0.3, 0.4) is 0 Å².